The molecule has 6 aromatic heterocycles. The number of H-pyrrole nitrogens is 1. The first-order valence-electron chi connectivity index (χ1n) is 26.2. The van der Waals surface area contributed by atoms with E-state index in [4.69, 9.17) is 19.9 Å². The molecule has 1 aliphatic rings. The first kappa shape index (κ1) is 77.7. The number of carbonyl (C=O) groups excluding carboxylic acids is 1. The van der Waals surface area contributed by atoms with Gasteiger partial charge in [-0.05, 0) is 66.7 Å². The summed E-state index contributed by atoms with van der Waals surface area (Å²) in [6.07, 6.45) is 0. The molecule has 0 aliphatic carbocycles. The molecule has 12 aromatic rings. The average molecular weight is 1390 g/mol. The first-order chi connectivity index (χ1) is 43.1. The predicted molar refractivity (Wildman–Crippen MR) is 347 cm³/mol. The summed E-state index contributed by atoms with van der Waals surface area (Å²) in [5.41, 5.74) is 5.90. The Morgan fingerprint density at radius 3 is 1.46 bits per heavy atom. The number of nitro benzene ring substituents is 3. The van der Waals surface area contributed by atoms with E-state index in [1.54, 1.807) is 0 Å². The molecule has 27 nitrogen and oxygen atoms in total. The third kappa shape index (κ3) is 15.4. The molecule has 31 heteroatoms. The van der Waals surface area contributed by atoms with Crippen LogP contribution in [0.4, 0.5) is 17.1 Å². The van der Waals surface area contributed by atoms with Crippen LogP contribution in [0.1, 0.15) is 33.0 Å². The summed E-state index contributed by atoms with van der Waals surface area (Å²) in [5.74, 6) is 0.295. The monoisotopic (exact) mass is 1380 g/mol. The molecule has 0 spiro atoms. The van der Waals surface area contributed by atoms with Crippen molar-refractivity contribution in [3.05, 3.63) is 236 Å². The predicted octanol–water partition coefficient (Wildman–Crippen LogP) is 2.91. The number of halogens is 1. The van der Waals surface area contributed by atoms with Gasteiger partial charge in [-0.15, -0.1) is 0 Å². The third-order valence-corrected chi connectivity index (χ3v) is 14.3. The van der Waals surface area contributed by atoms with Gasteiger partial charge in [0.25, 0.3) is 40.2 Å². The molecule has 0 saturated heterocycles. The molecule has 0 bridgehead atoms. The molecule has 7 heterocycles. The van der Waals surface area contributed by atoms with Gasteiger partial charge < -0.3 is 40.6 Å². The second-order valence-corrected chi connectivity index (χ2v) is 19.6. The van der Waals surface area contributed by atoms with Crippen LogP contribution in [0.25, 0.3) is 82.9 Å². The molecule has 0 fully saturated rings. The summed E-state index contributed by atoms with van der Waals surface area (Å²) in [7, 11) is 0. The van der Waals surface area contributed by atoms with E-state index in [0.29, 0.717) is 80.9 Å². The fourth-order valence-electron chi connectivity index (χ4n) is 10.3. The van der Waals surface area contributed by atoms with Crippen molar-refractivity contribution in [3.8, 4) is 41.0 Å². The number of rotatable bonds is 10. The van der Waals surface area contributed by atoms with Gasteiger partial charge >= 0.3 is 103 Å². The molecule has 0 atom stereocenters. The quantitative estimate of drug-likeness (QED) is 0.0442. The van der Waals surface area contributed by atoms with Crippen molar-refractivity contribution in [1.82, 2.24) is 27.8 Å². The Hall–Kier alpha value is -8.79. The van der Waals surface area contributed by atoms with E-state index in [9.17, 15) is 65.6 Å². The van der Waals surface area contributed by atoms with Crippen molar-refractivity contribution in [2.75, 3.05) is 25.2 Å². The minimum absolute atomic E-state index is 0. The SMILES string of the molecule is C.C.N#Cc1c2c3c(c4ccccc4n3CCO2)n(-c2ccc([N+](=O)[O-])cc2)c1=O.N#Cc1cc2[nH]c3ccccc3c2n(-c2ccc([N+](=O)[O-])cc2)c1=O.N#Cc1cc2c(c3ccccc3n2CCO)n(-c2ccc([N+](=O)[O-])cc2)c1=O.O=CO[O-].OCCBr.[B].[H-].[K+].[K+]. The van der Waals surface area contributed by atoms with Crippen LogP contribution in [0, 0.1) is 64.3 Å². The molecule has 3 N–H and O–H groups in total. The second kappa shape index (κ2) is 34.9. The van der Waals surface area contributed by atoms with E-state index < -0.39 is 31.4 Å². The van der Waals surface area contributed by atoms with Gasteiger partial charge in [-0.1, -0.05) is 85.4 Å². The number of aliphatic hydroxyl groups is 2. The number of aromatic amines is 1. The fourth-order valence-corrected chi connectivity index (χ4v) is 10.3. The van der Waals surface area contributed by atoms with Crippen molar-refractivity contribution in [3.63, 3.8) is 0 Å². The van der Waals surface area contributed by atoms with E-state index in [2.05, 4.69) is 25.8 Å². The number of fused-ring (bicyclic) bond motifs is 9. The van der Waals surface area contributed by atoms with Crippen LogP contribution in [0.5, 0.6) is 5.75 Å². The maximum absolute atomic E-state index is 13.2. The van der Waals surface area contributed by atoms with E-state index in [-0.39, 0.29) is 181 Å². The van der Waals surface area contributed by atoms with Crippen molar-refractivity contribution < 1.29 is 149 Å². The van der Waals surface area contributed by atoms with Gasteiger partial charge in [0.2, 0.25) is 0 Å². The summed E-state index contributed by atoms with van der Waals surface area (Å²) in [6.45, 7) is 1.22. The molecule has 0 saturated carbocycles. The van der Waals surface area contributed by atoms with Crippen LogP contribution >= 0.6 is 15.9 Å². The summed E-state index contributed by atoms with van der Waals surface area (Å²) < 4.78 is 13.9. The number of benzene rings is 6. The van der Waals surface area contributed by atoms with Crippen molar-refractivity contribution >= 4 is 114 Å². The van der Waals surface area contributed by atoms with E-state index in [0.717, 1.165) is 32.7 Å². The zero-order valence-electron chi connectivity index (χ0n) is 49.4. The molecule has 94 heavy (non-hydrogen) atoms. The largest absolute Gasteiger partial charge is 1.00 e. The number of alkyl halides is 1. The maximum Gasteiger partial charge on any atom is 1.00 e. The zero-order chi connectivity index (χ0) is 63.6. The Balaban J connectivity index is 0.000000341. The molecule has 3 radical (unpaired) electrons. The summed E-state index contributed by atoms with van der Waals surface area (Å²) in [6, 6.07) is 48.4. The van der Waals surface area contributed by atoms with Crippen LogP contribution in [0.15, 0.2) is 172 Å². The van der Waals surface area contributed by atoms with Gasteiger partial charge in [0.05, 0.1) is 73.1 Å². The number of nitro groups is 3. The zero-order valence-corrected chi connectivity index (χ0v) is 56.2. The Labute approximate surface area is 628 Å². The van der Waals surface area contributed by atoms with Crippen LogP contribution in [-0.4, -0.2) is 92.8 Å². The molecule has 1 aliphatic heterocycles. The number of nitrogens with one attached hydrogen (secondary N) is 1. The molecule has 465 valence electrons. The minimum atomic E-state index is -0.513. The second-order valence-electron chi connectivity index (χ2n) is 18.8. The molecule has 0 unspecified atom stereocenters. The Morgan fingerprint density at radius 1 is 0.585 bits per heavy atom. The maximum atomic E-state index is 13.2. The van der Waals surface area contributed by atoms with Gasteiger partial charge in [0.1, 0.15) is 41.5 Å². The number of aromatic nitrogens is 6. The van der Waals surface area contributed by atoms with Crippen molar-refractivity contribution in [2.24, 2.45) is 0 Å². The van der Waals surface area contributed by atoms with Crippen molar-refractivity contribution in [2.45, 2.75) is 27.9 Å². The topological polar surface area (TPSA) is 391 Å². The normalized spacial score (nSPS) is 10.5. The molecule has 0 amide bonds. The van der Waals surface area contributed by atoms with Gasteiger partial charge in [-0.3, -0.25) is 63.2 Å². The van der Waals surface area contributed by atoms with Crippen LogP contribution in [0.3, 0.4) is 0 Å². The van der Waals surface area contributed by atoms with Crippen LogP contribution in [0.2, 0.25) is 0 Å². The van der Waals surface area contributed by atoms with E-state index >= 15 is 0 Å². The third-order valence-electron chi connectivity index (χ3n) is 13.9. The average Bonchev–Trinajstić information content (AvgIpc) is 1.60. The number of hydrogen-bond acceptors (Lipinski definition) is 18. The molecule has 6 aromatic carbocycles. The number of nitrogens with zero attached hydrogens (tertiary/aromatic N) is 11. The van der Waals surface area contributed by atoms with Gasteiger partial charge in [0.15, 0.2) is 11.3 Å². The molecule has 13 rings (SSSR count). The number of para-hydroxylation sites is 3. The Bertz CT molecular complexity index is 5120. The number of non-ortho nitro benzene ring substituents is 3. The Morgan fingerprint density at radius 2 is 1.01 bits per heavy atom. The first-order valence-corrected chi connectivity index (χ1v) is 27.3. The van der Waals surface area contributed by atoms with Gasteiger partial charge in [-0.2, -0.15) is 15.8 Å². The van der Waals surface area contributed by atoms with E-state index in [1.165, 1.54) is 98.6 Å². The van der Waals surface area contributed by atoms with E-state index in [1.807, 2.05) is 100 Å². The van der Waals surface area contributed by atoms with Crippen molar-refractivity contribution in [1.29, 1.82) is 15.8 Å². The number of ether oxygens (including phenoxy) is 1. The number of hydrogen-bond donors (Lipinski definition) is 3. The van der Waals surface area contributed by atoms with Crippen LogP contribution in [-0.2, 0) is 22.8 Å². The Kier molecular flexibility index (Phi) is 28.8. The smallest absolute Gasteiger partial charge is 1.00 e. The number of nitriles is 3. The number of aliphatic hydroxyl groups excluding tert-OH is 2. The number of carbonyl (C=O) groups is 1. The molecular weight excluding hydrogens is 1330 g/mol. The summed E-state index contributed by atoms with van der Waals surface area (Å²) in [5, 5.41) is 90.0. The van der Waals surface area contributed by atoms with Gasteiger partial charge in [-0.25, -0.2) is 0 Å². The van der Waals surface area contributed by atoms with Gasteiger partial charge in [0, 0.05) is 95.4 Å². The summed E-state index contributed by atoms with van der Waals surface area (Å²) >= 11 is 3.00. The molecular formula is C63H51BBrK2N12O15. The van der Waals surface area contributed by atoms with Crippen LogP contribution < -0.4 is 129 Å². The standard InChI is InChI=1S/C20H12N4O4.C20H14N4O4.C18H10N4O3.C2H5BrO.CH2O3.2CH4.B.2K.H/c21-11-15-19-18-17(14-3-1-2-4-16(14)22(18)9-10-28-19)23(20(15)25)12-5-7-13(8-6-12)24(26)27;21-12-13-11-18-19(16-3-1-2-4-17(16)22(18)9-10-25)23(20(13)26)14-5-7-15(8-6-14)24(27)28;19-10-11-9-16-17(14-3-1-2-4-15(14)20-16)21(18(11)23)12-5-7-13(8-6-12)22(24)25;3-1-2-4;2-1-4-3;;;;;;/h1-8H,9-10H2;1-8,11,25H,9-10H2;1-9,20H;4H,1-2H2;1,3H;2*1H4;;;;/q;;;;;;;;2*+1;-1/p-1. The minimum Gasteiger partial charge on any atom is -1.00 e. The fraction of sp³-hybridized carbons (Fsp3) is 0.127. The number of pyridine rings is 3. The summed E-state index contributed by atoms with van der Waals surface area (Å²) in [4.78, 5) is 84.7.